The van der Waals surface area contributed by atoms with Gasteiger partial charge in [-0.15, -0.1) is 0 Å². The highest BCUT2D eigenvalue weighted by Crippen LogP contribution is 2.32. The molecule has 0 saturated carbocycles. The van der Waals surface area contributed by atoms with Crippen LogP contribution in [0.5, 0.6) is 0 Å². The fraction of sp³-hybridized carbons (Fsp3) is 1.00. The molecule has 1 aliphatic heterocycles. The van der Waals surface area contributed by atoms with E-state index >= 15 is 0 Å². The molecule has 0 aromatic carbocycles. The summed E-state index contributed by atoms with van der Waals surface area (Å²) in [7, 11) is 0. The summed E-state index contributed by atoms with van der Waals surface area (Å²) < 4.78 is 0. The van der Waals surface area contributed by atoms with Gasteiger partial charge in [-0.3, -0.25) is 0 Å². The van der Waals surface area contributed by atoms with Gasteiger partial charge in [0.1, 0.15) is 0 Å². The molecule has 1 heterocycles. The Kier molecular flexibility index (Phi) is 4.07. The van der Waals surface area contributed by atoms with Crippen LogP contribution in [0.2, 0.25) is 0 Å². The van der Waals surface area contributed by atoms with Gasteiger partial charge >= 0.3 is 0 Å². The first kappa shape index (κ1) is 11.3. The Morgan fingerprint density at radius 1 is 1.62 bits per heavy atom. The van der Waals surface area contributed by atoms with Crippen molar-refractivity contribution in [3.8, 4) is 0 Å². The average Bonchev–Trinajstić information content (AvgIpc) is 2.53. The van der Waals surface area contributed by atoms with Crippen LogP contribution in [0.4, 0.5) is 0 Å². The highest BCUT2D eigenvalue weighted by atomic mass is 32.2. The lowest BCUT2D eigenvalue weighted by Gasteiger charge is -2.30. The molecule has 3 unspecified atom stereocenters. The lowest BCUT2D eigenvalue weighted by molar-refractivity contribution is 0.0327. The highest BCUT2D eigenvalue weighted by molar-refractivity contribution is 7.99. The van der Waals surface area contributed by atoms with E-state index in [-0.39, 0.29) is 6.04 Å². The number of nitrogens with two attached hydrogens (primary N) is 1. The summed E-state index contributed by atoms with van der Waals surface area (Å²) in [5, 5.41) is 10.2. The van der Waals surface area contributed by atoms with Crippen molar-refractivity contribution in [2.75, 3.05) is 11.5 Å². The lowest BCUT2D eigenvalue weighted by atomic mass is 9.87. The van der Waals surface area contributed by atoms with Crippen LogP contribution in [0.1, 0.15) is 33.1 Å². The molecule has 0 bridgehead atoms. The van der Waals surface area contributed by atoms with Gasteiger partial charge < -0.3 is 10.8 Å². The molecule has 3 heteroatoms. The molecule has 78 valence electrons. The monoisotopic (exact) mass is 203 g/mol. The first-order valence-corrected chi connectivity index (χ1v) is 6.29. The first-order valence-electron chi connectivity index (χ1n) is 5.14. The van der Waals surface area contributed by atoms with Crippen molar-refractivity contribution in [2.45, 2.75) is 44.8 Å². The van der Waals surface area contributed by atoms with Crippen LogP contribution in [0.15, 0.2) is 0 Å². The highest BCUT2D eigenvalue weighted by Gasteiger charge is 2.37. The zero-order chi connectivity index (χ0) is 9.90. The summed E-state index contributed by atoms with van der Waals surface area (Å²) in [6, 6.07) is -0.0301. The largest absolute Gasteiger partial charge is 0.387 e. The minimum absolute atomic E-state index is 0.0301. The van der Waals surface area contributed by atoms with Crippen LogP contribution in [-0.2, 0) is 0 Å². The molecular formula is C10H21NOS. The molecule has 0 aromatic heterocycles. The van der Waals surface area contributed by atoms with Gasteiger partial charge in [0.2, 0.25) is 0 Å². The zero-order valence-corrected chi connectivity index (χ0v) is 9.44. The Morgan fingerprint density at radius 3 is 2.77 bits per heavy atom. The fourth-order valence-electron chi connectivity index (χ4n) is 1.68. The van der Waals surface area contributed by atoms with Crippen molar-refractivity contribution >= 4 is 11.8 Å². The third-order valence-corrected chi connectivity index (χ3v) is 4.27. The maximum atomic E-state index is 10.2. The SMILES string of the molecule is CCC(C)CC(N)C1(O)CCSC1. The van der Waals surface area contributed by atoms with Gasteiger partial charge in [0.25, 0.3) is 0 Å². The summed E-state index contributed by atoms with van der Waals surface area (Å²) in [6.07, 6.45) is 2.97. The Labute approximate surface area is 85.3 Å². The van der Waals surface area contributed by atoms with E-state index in [1.54, 1.807) is 0 Å². The number of rotatable bonds is 4. The topological polar surface area (TPSA) is 46.2 Å². The lowest BCUT2D eigenvalue weighted by Crippen LogP contribution is -2.48. The van der Waals surface area contributed by atoms with Gasteiger partial charge in [-0.05, 0) is 24.5 Å². The molecule has 1 saturated heterocycles. The van der Waals surface area contributed by atoms with Crippen molar-refractivity contribution in [3.05, 3.63) is 0 Å². The Bertz CT molecular complexity index is 157. The summed E-state index contributed by atoms with van der Waals surface area (Å²) >= 11 is 1.81. The molecule has 1 fully saturated rings. The molecule has 0 spiro atoms. The third-order valence-electron chi connectivity index (χ3n) is 3.07. The minimum atomic E-state index is -0.575. The van der Waals surface area contributed by atoms with Gasteiger partial charge in [-0.25, -0.2) is 0 Å². The number of hydrogen-bond donors (Lipinski definition) is 2. The Hall–Kier alpha value is 0.270. The molecule has 1 rings (SSSR count). The van der Waals surface area contributed by atoms with Gasteiger partial charge in [-0.1, -0.05) is 20.3 Å². The number of thioether (sulfide) groups is 1. The van der Waals surface area contributed by atoms with Crippen molar-refractivity contribution < 1.29 is 5.11 Å². The van der Waals surface area contributed by atoms with Crippen LogP contribution in [-0.4, -0.2) is 28.3 Å². The summed E-state index contributed by atoms with van der Waals surface area (Å²) in [4.78, 5) is 0. The van der Waals surface area contributed by atoms with Gasteiger partial charge in [0.05, 0.1) is 5.60 Å². The van der Waals surface area contributed by atoms with Crippen LogP contribution in [0, 0.1) is 5.92 Å². The predicted octanol–water partition coefficient (Wildman–Crippen LogP) is 1.62. The predicted molar refractivity (Wildman–Crippen MR) is 58.9 cm³/mol. The second kappa shape index (κ2) is 4.67. The van der Waals surface area contributed by atoms with E-state index in [1.807, 2.05) is 11.8 Å². The molecule has 3 atom stereocenters. The average molecular weight is 203 g/mol. The second-order valence-corrected chi connectivity index (χ2v) is 5.37. The Morgan fingerprint density at radius 2 is 2.31 bits per heavy atom. The van der Waals surface area contributed by atoms with Crippen molar-refractivity contribution in [1.82, 2.24) is 0 Å². The van der Waals surface area contributed by atoms with Gasteiger partial charge in [-0.2, -0.15) is 11.8 Å². The summed E-state index contributed by atoms with van der Waals surface area (Å²) in [5.74, 6) is 2.51. The fourth-order valence-corrected chi connectivity index (χ4v) is 3.04. The first-order chi connectivity index (χ1) is 6.08. The molecule has 3 N–H and O–H groups in total. The molecule has 2 nitrogen and oxygen atoms in total. The maximum Gasteiger partial charge on any atom is 0.0895 e. The van der Waals surface area contributed by atoms with Gasteiger partial charge in [0.15, 0.2) is 0 Å². The molecule has 1 aliphatic rings. The van der Waals surface area contributed by atoms with Crippen molar-refractivity contribution in [2.24, 2.45) is 11.7 Å². The molecule has 0 aromatic rings. The van der Waals surface area contributed by atoms with E-state index in [2.05, 4.69) is 13.8 Å². The van der Waals surface area contributed by atoms with E-state index in [4.69, 9.17) is 5.73 Å². The van der Waals surface area contributed by atoms with Crippen LogP contribution in [0.3, 0.4) is 0 Å². The second-order valence-electron chi connectivity index (χ2n) is 4.26. The van der Waals surface area contributed by atoms with E-state index in [0.717, 1.165) is 30.8 Å². The standard InChI is InChI=1S/C10H21NOS/c1-3-8(2)6-9(11)10(12)4-5-13-7-10/h8-9,12H,3-7,11H2,1-2H3. The van der Waals surface area contributed by atoms with Crippen molar-refractivity contribution in [3.63, 3.8) is 0 Å². The molecule has 0 amide bonds. The van der Waals surface area contributed by atoms with Crippen LogP contribution < -0.4 is 5.73 Å². The van der Waals surface area contributed by atoms with E-state index in [0.29, 0.717) is 5.92 Å². The normalized spacial score (nSPS) is 33.2. The molecule has 0 radical (unpaired) electrons. The number of aliphatic hydroxyl groups is 1. The molecule has 13 heavy (non-hydrogen) atoms. The van der Waals surface area contributed by atoms with Crippen molar-refractivity contribution in [1.29, 1.82) is 0 Å². The summed E-state index contributed by atoms with van der Waals surface area (Å²) in [5.41, 5.74) is 5.45. The van der Waals surface area contributed by atoms with E-state index in [9.17, 15) is 5.11 Å². The van der Waals surface area contributed by atoms with Gasteiger partial charge in [0, 0.05) is 11.8 Å². The smallest absolute Gasteiger partial charge is 0.0895 e. The zero-order valence-electron chi connectivity index (χ0n) is 8.62. The summed E-state index contributed by atoms with van der Waals surface area (Å²) in [6.45, 7) is 4.37. The quantitative estimate of drug-likeness (QED) is 0.730. The minimum Gasteiger partial charge on any atom is -0.387 e. The Balaban J connectivity index is 2.41. The van der Waals surface area contributed by atoms with Crippen LogP contribution >= 0.6 is 11.8 Å². The number of hydrogen-bond acceptors (Lipinski definition) is 3. The maximum absolute atomic E-state index is 10.2. The van der Waals surface area contributed by atoms with E-state index in [1.165, 1.54) is 0 Å². The molecule has 0 aliphatic carbocycles. The van der Waals surface area contributed by atoms with Crippen LogP contribution in [0.25, 0.3) is 0 Å². The third kappa shape index (κ3) is 2.86. The molecular weight excluding hydrogens is 182 g/mol. The van der Waals surface area contributed by atoms with E-state index < -0.39 is 5.60 Å².